The van der Waals surface area contributed by atoms with E-state index in [0.717, 1.165) is 25.8 Å². The van der Waals surface area contributed by atoms with Crippen LogP contribution in [0.5, 0.6) is 0 Å². The molecule has 17 heavy (non-hydrogen) atoms. The van der Waals surface area contributed by atoms with Gasteiger partial charge in [0.25, 0.3) is 0 Å². The van der Waals surface area contributed by atoms with Crippen LogP contribution in [-0.4, -0.2) is 62.0 Å². The second-order valence-corrected chi connectivity index (χ2v) is 4.14. The number of rotatable bonds is 8. The molecule has 100 valence electrons. The van der Waals surface area contributed by atoms with Gasteiger partial charge in [0.05, 0.1) is 33.0 Å². The molecular weight excluding hydrogens is 222 g/mol. The van der Waals surface area contributed by atoms with E-state index < -0.39 is 0 Å². The summed E-state index contributed by atoms with van der Waals surface area (Å²) >= 11 is 0. The van der Waals surface area contributed by atoms with E-state index in [4.69, 9.17) is 14.6 Å². The molecule has 1 fully saturated rings. The van der Waals surface area contributed by atoms with Gasteiger partial charge in [-0.1, -0.05) is 6.42 Å². The van der Waals surface area contributed by atoms with Gasteiger partial charge in [0.15, 0.2) is 0 Å². The molecule has 0 bridgehead atoms. The van der Waals surface area contributed by atoms with Gasteiger partial charge in [-0.15, -0.1) is 0 Å². The van der Waals surface area contributed by atoms with Crippen LogP contribution in [0, 0.1) is 0 Å². The van der Waals surface area contributed by atoms with E-state index in [-0.39, 0.29) is 12.5 Å². The fourth-order valence-corrected chi connectivity index (χ4v) is 1.84. The SMILES string of the molecule is O=C1CCCCCN1CCOCCOCCO. The van der Waals surface area contributed by atoms with E-state index >= 15 is 0 Å². The van der Waals surface area contributed by atoms with Crippen molar-refractivity contribution >= 4 is 5.91 Å². The molecular formula is C12H23NO4. The van der Waals surface area contributed by atoms with Gasteiger partial charge in [-0.25, -0.2) is 0 Å². The predicted molar refractivity (Wildman–Crippen MR) is 63.8 cm³/mol. The Morgan fingerprint density at radius 1 is 1.06 bits per heavy atom. The lowest BCUT2D eigenvalue weighted by atomic mass is 10.2. The van der Waals surface area contributed by atoms with Crippen molar-refractivity contribution in [2.75, 3.05) is 46.1 Å². The molecule has 0 unspecified atom stereocenters. The molecule has 1 aliphatic rings. The first-order valence-electron chi connectivity index (χ1n) is 6.38. The van der Waals surface area contributed by atoms with Crippen LogP contribution in [0.1, 0.15) is 25.7 Å². The molecule has 0 atom stereocenters. The number of hydrogen-bond donors (Lipinski definition) is 1. The predicted octanol–water partition coefficient (Wildman–Crippen LogP) is 0.414. The first kappa shape index (κ1) is 14.4. The van der Waals surface area contributed by atoms with Gasteiger partial charge < -0.3 is 19.5 Å². The summed E-state index contributed by atoms with van der Waals surface area (Å²) in [5.74, 6) is 0.252. The van der Waals surface area contributed by atoms with Crippen LogP contribution in [0.2, 0.25) is 0 Å². The largest absolute Gasteiger partial charge is 0.394 e. The van der Waals surface area contributed by atoms with Crippen molar-refractivity contribution in [1.29, 1.82) is 0 Å². The Morgan fingerprint density at radius 2 is 1.82 bits per heavy atom. The number of likely N-dealkylation sites (tertiary alicyclic amines) is 1. The number of hydrogen-bond acceptors (Lipinski definition) is 4. The van der Waals surface area contributed by atoms with Gasteiger partial charge in [-0.05, 0) is 12.8 Å². The molecule has 1 aliphatic heterocycles. The number of amides is 1. The van der Waals surface area contributed by atoms with Crippen molar-refractivity contribution in [3.8, 4) is 0 Å². The Bertz CT molecular complexity index is 211. The summed E-state index contributed by atoms with van der Waals surface area (Å²) < 4.78 is 10.4. The fourth-order valence-electron chi connectivity index (χ4n) is 1.84. The third-order valence-corrected chi connectivity index (χ3v) is 2.78. The molecule has 0 saturated carbocycles. The third kappa shape index (κ3) is 6.61. The number of ether oxygens (including phenoxy) is 2. The minimum atomic E-state index is 0.0439. The van der Waals surface area contributed by atoms with Crippen LogP contribution in [0.25, 0.3) is 0 Å². The maximum atomic E-state index is 11.6. The Balaban J connectivity index is 1.99. The van der Waals surface area contributed by atoms with Crippen LogP contribution in [0.4, 0.5) is 0 Å². The zero-order valence-electron chi connectivity index (χ0n) is 10.4. The third-order valence-electron chi connectivity index (χ3n) is 2.78. The number of carbonyl (C=O) groups excluding carboxylic acids is 1. The molecule has 1 amide bonds. The average molecular weight is 245 g/mol. The van der Waals surface area contributed by atoms with Gasteiger partial charge in [0.2, 0.25) is 5.91 Å². The van der Waals surface area contributed by atoms with Gasteiger partial charge in [0, 0.05) is 19.5 Å². The smallest absolute Gasteiger partial charge is 0.222 e. The average Bonchev–Trinajstić information content (AvgIpc) is 2.53. The zero-order valence-corrected chi connectivity index (χ0v) is 10.4. The Kier molecular flexibility index (Phi) is 7.96. The van der Waals surface area contributed by atoms with Gasteiger partial charge in [-0.2, -0.15) is 0 Å². The Hall–Kier alpha value is -0.650. The summed E-state index contributed by atoms with van der Waals surface area (Å²) in [6.07, 6.45) is 3.95. The summed E-state index contributed by atoms with van der Waals surface area (Å²) in [5.41, 5.74) is 0. The lowest BCUT2D eigenvalue weighted by Crippen LogP contribution is -2.33. The number of carbonyl (C=O) groups is 1. The quantitative estimate of drug-likeness (QED) is 0.629. The lowest BCUT2D eigenvalue weighted by Gasteiger charge is -2.20. The molecule has 5 nitrogen and oxygen atoms in total. The van der Waals surface area contributed by atoms with Crippen molar-refractivity contribution < 1.29 is 19.4 Å². The summed E-state index contributed by atoms with van der Waals surface area (Å²) in [4.78, 5) is 13.5. The molecule has 0 spiro atoms. The topological polar surface area (TPSA) is 59.0 Å². The zero-order chi connectivity index (χ0) is 12.3. The second kappa shape index (κ2) is 9.39. The van der Waals surface area contributed by atoms with Gasteiger partial charge in [-0.3, -0.25) is 4.79 Å². The van der Waals surface area contributed by atoms with Crippen molar-refractivity contribution in [3.05, 3.63) is 0 Å². The van der Waals surface area contributed by atoms with Crippen LogP contribution in [0.15, 0.2) is 0 Å². The van der Waals surface area contributed by atoms with Crippen molar-refractivity contribution in [1.82, 2.24) is 4.90 Å². The summed E-state index contributed by atoms with van der Waals surface area (Å²) in [5, 5.41) is 8.48. The monoisotopic (exact) mass is 245 g/mol. The van der Waals surface area contributed by atoms with Crippen LogP contribution < -0.4 is 0 Å². The number of aliphatic hydroxyl groups excluding tert-OH is 1. The molecule has 0 aromatic carbocycles. The molecule has 1 saturated heterocycles. The first-order chi connectivity index (χ1) is 8.34. The van der Waals surface area contributed by atoms with E-state index in [1.807, 2.05) is 4.90 Å². The number of nitrogens with zero attached hydrogens (tertiary/aromatic N) is 1. The molecule has 0 aliphatic carbocycles. The normalized spacial score (nSPS) is 17.2. The maximum absolute atomic E-state index is 11.6. The molecule has 1 N–H and O–H groups in total. The minimum absolute atomic E-state index is 0.0439. The molecule has 0 aromatic heterocycles. The maximum Gasteiger partial charge on any atom is 0.222 e. The second-order valence-electron chi connectivity index (χ2n) is 4.14. The van der Waals surface area contributed by atoms with E-state index in [2.05, 4.69) is 0 Å². The van der Waals surface area contributed by atoms with Crippen LogP contribution >= 0.6 is 0 Å². The van der Waals surface area contributed by atoms with E-state index in [9.17, 15) is 4.79 Å². The van der Waals surface area contributed by atoms with Crippen molar-refractivity contribution in [2.45, 2.75) is 25.7 Å². The Morgan fingerprint density at radius 3 is 2.59 bits per heavy atom. The molecule has 1 rings (SSSR count). The lowest BCUT2D eigenvalue weighted by molar-refractivity contribution is -0.131. The fraction of sp³-hybridized carbons (Fsp3) is 0.917. The first-order valence-corrected chi connectivity index (χ1v) is 6.38. The standard InChI is InChI=1S/C12H23NO4/c14-7-9-17-11-10-16-8-6-13-5-3-1-2-4-12(13)15/h14H,1-11H2. The number of aliphatic hydroxyl groups is 1. The van der Waals surface area contributed by atoms with E-state index in [1.54, 1.807) is 0 Å². The minimum Gasteiger partial charge on any atom is -0.394 e. The van der Waals surface area contributed by atoms with Crippen LogP contribution in [-0.2, 0) is 14.3 Å². The summed E-state index contributed by atoms with van der Waals surface area (Å²) in [7, 11) is 0. The van der Waals surface area contributed by atoms with E-state index in [1.165, 1.54) is 0 Å². The molecule has 0 radical (unpaired) electrons. The molecule has 1 heterocycles. The summed E-state index contributed by atoms with van der Waals surface area (Å²) in [6, 6.07) is 0. The van der Waals surface area contributed by atoms with Gasteiger partial charge in [0.1, 0.15) is 0 Å². The van der Waals surface area contributed by atoms with Gasteiger partial charge >= 0.3 is 0 Å². The van der Waals surface area contributed by atoms with Crippen molar-refractivity contribution in [2.24, 2.45) is 0 Å². The highest BCUT2D eigenvalue weighted by Crippen LogP contribution is 2.10. The van der Waals surface area contributed by atoms with Crippen molar-refractivity contribution in [3.63, 3.8) is 0 Å². The van der Waals surface area contributed by atoms with Crippen LogP contribution in [0.3, 0.4) is 0 Å². The molecule has 5 heteroatoms. The Labute approximate surface area is 103 Å². The molecule has 0 aromatic rings. The highest BCUT2D eigenvalue weighted by Gasteiger charge is 2.15. The highest BCUT2D eigenvalue weighted by atomic mass is 16.5. The highest BCUT2D eigenvalue weighted by molar-refractivity contribution is 5.76. The summed E-state index contributed by atoms with van der Waals surface area (Å²) in [6.45, 7) is 3.52. The van der Waals surface area contributed by atoms with E-state index in [0.29, 0.717) is 39.4 Å².